The molecular formula is C13H15Cl3N2O. The first-order valence-corrected chi connectivity index (χ1v) is 7.27. The molecule has 19 heavy (non-hydrogen) atoms. The van der Waals surface area contributed by atoms with E-state index in [4.69, 9.17) is 34.8 Å². The quantitative estimate of drug-likeness (QED) is 0.890. The number of hydrogen-bond donors (Lipinski definition) is 1. The van der Waals surface area contributed by atoms with Gasteiger partial charge in [0.1, 0.15) is 0 Å². The second-order valence-electron chi connectivity index (χ2n) is 4.67. The molecule has 0 atom stereocenters. The van der Waals surface area contributed by atoms with Gasteiger partial charge in [-0.25, -0.2) is 0 Å². The Bertz CT molecular complexity index is 462. The van der Waals surface area contributed by atoms with Gasteiger partial charge in [0.2, 0.25) is 5.91 Å². The summed E-state index contributed by atoms with van der Waals surface area (Å²) in [4.78, 5) is 13.1. The Morgan fingerprint density at radius 1 is 1.21 bits per heavy atom. The van der Waals surface area contributed by atoms with Gasteiger partial charge >= 0.3 is 0 Å². The zero-order valence-corrected chi connectivity index (χ0v) is 12.8. The molecule has 0 radical (unpaired) electrons. The molecule has 1 fully saturated rings. The largest absolute Gasteiger partial charge is 0.380 e. The molecule has 1 saturated heterocycles. The third-order valence-corrected chi connectivity index (χ3v) is 4.11. The van der Waals surface area contributed by atoms with Crippen LogP contribution in [0.2, 0.25) is 15.1 Å². The van der Waals surface area contributed by atoms with Gasteiger partial charge in [0.05, 0.1) is 15.7 Å². The Morgan fingerprint density at radius 3 is 2.21 bits per heavy atom. The van der Waals surface area contributed by atoms with E-state index in [2.05, 4.69) is 5.32 Å². The molecule has 2 rings (SSSR count). The van der Waals surface area contributed by atoms with Crippen molar-refractivity contribution in [1.29, 1.82) is 0 Å². The van der Waals surface area contributed by atoms with Crippen LogP contribution in [0.5, 0.6) is 0 Å². The molecule has 3 nitrogen and oxygen atoms in total. The van der Waals surface area contributed by atoms with Crippen LogP contribution in [-0.2, 0) is 4.79 Å². The number of anilines is 1. The van der Waals surface area contributed by atoms with Gasteiger partial charge in [-0.3, -0.25) is 4.79 Å². The van der Waals surface area contributed by atoms with Crippen molar-refractivity contribution < 1.29 is 4.79 Å². The van der Waals surface area contributed by atoms with Crippen LogP contribution in [0.3, 0.4) is 0 Å². The van der Waals surface area contributed by atoms with Gasteiger partial charge < -0.3 is 10.2 Å². The van der Waals surface area contributed by atoms with E-state index in [0.717, 1.165) is 25.9 Å². The molecule has 6 heteroatoms. The van der Waals surface area contributed by atoms with Crippen LogP contribution in [0.1, 0.15) is 19.8 Å². The minimum atomic E-state index is 0.126. The summed E-state index contributed by atoms with van der Waals surface area (Å²) in [5.74, 6) is 0.126. The van der Waals surface area contributed by atoms with Crippen molar-refractivity contribution in [1.82, 2.24) is 4.90 Å². The summed E-state index contributed by atoms with van der Waals surface area (Å²) < 4.78 is 0. The average molecular weight is 322 g/mol. The first kappa shape index (κ1) is 14.8. The minimum Gasteiger partial charge on any atom is -0.380 e. The summed E-state index contributed by atoms with van der Waals surface area (Å²) >= 11 is 18.2. The molecule has 0 saturated carbocycles. The van der Waals surface area contributed by atoms with E-state index in [-0.39, 0.29) is 11.9 Å². The summed E-state index contributed by atoms with van der Waals surface area (Å²) in [5, 5.41) is 4.90. The maximum absolute atomic E-state index is 11.3. The maximum atomic E-state index is 11.3. The highest BCUT2D eigenvalue weighted by atomic mass is 35.5. The number of nitrogens with zero attached hydrogens (tertiary/aromatic N) is 1. The standard InChI is InChI=1S/C13H15Cl3N2O/c1-8(19)18-4-2-10(3-5-18)17-13-11(15)6-9(14)7-12(13)16/h6-7,10,17H,2-5H2,1H3. The Balaban J connectivity index is 2.02. The Labute approximate surface area is 127 Å². The Morgan fingerprint density at radius 2 is 1.74 bits per heavy atom. The Hall–Kier alpha value is -0.640. The molecule has 1 amide bonds. The van der Waals surface area contributed by atoms with E-state index in [1.165, 1.54) is 0 Å². The van der Waals surface area contributed by atoms with Crippen LogP contribution in [0, 0.1) is 0 Å². The number of nitrogens with one attached hydrogen (secondary N) is 1. The van der Waals surface area contributed by atoms with E-state index in [9.17, 15) is 4.79 Å². The predicted molar refractivity (Wildman–Crippen MR) is 80.4 cm³/mol. The summed E-state index contributed by atoms with van der Waals surface area (Å²) in [7, 11) is 0. The molecule has 1 aromatic rings. The SMILES string of the molecule is CC(=O)N1CCC(Nc2c(Cl)cc(Cl)cc2Cl)CC1. The lowest BCUT2D eigenvalue weighted by Crippen LogP contribution is -2.41. The number of halogens is 3. The highest BCUT2D eigenvalue weighted by molar-refractivity contribution is 6.41. The Kier molecular flexibility index (Phi) is 4.82. The third kappa shape index (κ3) is 3.68. The number of piperidine rings is 1. The van der Waals surface area contributed by atoms with Gasteiger partial charge in [0.25, 0.3) is 0 Å². The number of hydrogen-bond acceptors (Lipinski definition) is 2. The normalized spacial score (nSPS) is 16.5. The van der Waals surface area contributed by atoms with Crippen molar-refractivity contribution in [2.75, 3.05) is 18.4 Å². The average Bonchev–Trinajstić information content (AvgIpc) is 2.34. The van der Waals surface area contributed by atoms with E-state index >= 15 is 0 Å². The summed E-state index contributed by atoms with van der Waals surface area (Å²) in [5.41, 5.74) is 0.717. The third-order valence-electron chi connectivity index (χ3n) is 3.30. The fraction of sp³-hybridized carbons (Fsp3) is 0.462. The van der Waals surface area contributed by atoms with Crippen molar-refractivity contribution in [3.8, 4) is 0 Å². The molecule has 0 aromatic heterocycles. The number of amides is 1. The van der Waals surface area contributed by atoms with E-state index in [1.807, 2.05) is 4.90 Å². The van der Waals surface area contributed by atoms with Crippen molar-refractivity contribution in [2.24, 2.45) is 0 Å². The molecule has 1 N–H and O–H groups in total. The topological polar surface area (TPSA) is 32.3 Å². The van der Waals surface area contributed by atoms with Gasteiger partial charge in [0.15, 0.2) is 0 Å². The first-order chi connectivity index (χ1) is 8.97. The number of likely N-dealkylation sites (tertiary alicyclic amines) is 1. The fourth-order valence-electron chi connectivity index (χ4n) is 2.22. The smallest absolute Gasteiger partial charge is 0.219 e. The molecule has 0 bridgehead atoms. The minimum absolute atomic E-state index is 0.126. The lowest BCUT2D eigenvalue weighted by atomic mass is 10.0. The first-order valence-electron chi connectivity index (χ1n) is 6.14. The van der Waals surface area contributed by atoms with Gasteiger partial charge in [-0.05, 0) is 25.0 Å². The van der Waals surface area contributed by atoms with E-state index < -0.39 is 0 Å². The maximum Gasteiger partial charge on any atom is 0.219 e. The number of carbonyl (C=O) groups is 1. The number of rotatable bonds is 2. The molecule has 0 aliphatic carbocycles. The molecule has 1 aliphatic rings. The lowest BCUT2D eigenvalue weighted by Gasteiger charge is -2.32. The molecule has 0 unspecified atom stereocenters. The molecule has 104 valence electrons. The van der Waals surface area contributed by atoms with Crippen molar-refractivity contribution >= 4 is 46.4 Å². The molecular weight excluding hydrogens is 307 g/mol. The highest BCUT2D eigenvalue weighted by Gasteiger charge is 2.21. The van der Waals surface area contributed by atoms with E-state index in [1.54, 1.807) is 19.1 Å². The number of benzene rings is 1. The number of carbonyl (C=O) groups excluding carboxylic acids is 1. The highest BCUT2D eigenvalue weighted by Crippen LogP contribution is 2.34. The van der Waals surface area contributed by atoms with Gasteiger partial charge in [0, 0.05) is 31.1 Å². The van der Waals surface area contributed by atoms with Crippen LogP contribution in [-0.4, -0.2) is 29.9 Å². The second kappa shape index (κ2) is 6.21. The van der Waals surface area contributed by atoms with Gasteiger partial charge in [-0.15, -0.1) is 0 Å². The molecule has 1 aliphatic heterocycles. The van der Waals surface area contributed by atoms with Crippen molar-refractivity contribution in [2.45, 2.75) is 25.8 Å². The summed E-state index contributed by atoms with van der Waals surface area (Å²) in [6, 6.07) is 3.61. The lowest BCUT2D eigenvalue weighted by molar-refractivity contribution is -0.129. The van der Waals surface area contributed by atoms with Gasteiger partial charge in [-0.1, -0.05) is 34.8 Å². The van der Waals surface area contributed by atoms with Crippen LogP contribution >= 0.6 is 34.8 Å². The van der Waals surface area contributed by atoms with Crippen LogP contribution in [0.15, 0.2) is 12.1 Å². The van der Waals surface area contributed by atoms with Crippen LogP contribution in [0.4, 0.5) is 5.69 Å². The summed E-state index contributed by atoms with van der Waals surface area (Å²) in [6.07, 6.45) is 1.77. The van der Waals surface area contributed by atoms with Crippen molar-refractivity contribution in [3.05, 3.63) is 27.2 Å². The van der Waals surface area contributed by atoms with E-state index in [0.29, 0.717) is 20.8 Å². The van der Waals surface area contributed by atoms with Crippen LogP contribution < -0.4 is 5.32 Å². The van der Waals surface area contributed by atoms with Gasteiger partial charge in [-0.2, -0.15) is 0 Å². The predicted octanol–water partition coefficient (Wildman–Crippen LogP) is 4.07. The monoisotopic (exact) mass is 320 g/mol. The zero-order valence-electron chi connectivity index (χ0n) is 10.5. The second-order valence-corrected chi connectivity index (χ2v) is 5.92. The fourth-order valence-corrected chi connectivity index (χ4v) is 3.15. The molecule has 1 aromatic carbocycles. The zero-order chi connectivity index (χ0) is 14.0. The van der Waals surface area contributed by atoms with Crippen LogP contribution in [0.25, 0.3) is 0 Å². The summed E-state index contributed by atoms with van der Waals surface area (Å²) in [6.45, 7) is 3.12. The molecule has 0 spiro atoms. The molecule has 1 heterocycles. The van der Waals surface area contributed by atoms with Crippen molar-refractivity contribution in [3.63, 3.8) is 0 Å².